The molecule has 7 nitrogen and oxygen atoms in total. The van der Waals surface area contributed by atoms with Gasteiger partial charge in [0, 0.05) is 42.5 Å². The molecule has 0 aliphatic carbocycles. The highest BCUT2D eigenvalue weighted by Gasteiger charge is 2.13. The summed E-state index contributed by atoms with van der Waals surface area (Å²) >= 11 is 0. The van der Waals surface area contributed by atoms with Crippen LogP contribution in [0.3, 0.4) is 0 Å². The highest BCUT2D eigenvalue weighted by atomic mass is 33.1. The Morgan fingerprint density at radius 1 is 0.532 bits per heavy atom. The van der Waals surface area contributed by atoms with Gasteiger partial charge in [0.2, 0.25) is 0 Å². The predicted molar refractivity (Wildman–Crippen MR) is 283 cm³/mol. The third kappa shape index (κ3) is 59.2. The largest absolute Gasteiger partial charge is 0.466 e. The number of hydrogen-bond acceptors (Lipinski definition) is 11. The average molecular weight is 948 g/mol. The summed E-state index contributed by atoms with van der Waals surface area (Å²) in [4.78, 5) is 38.7. The molecule has 0 rings (SSSR count). The molecule has 11 heteroatoms. The lowest BCUT2D eigenvalue weighted by atomic mass is 10.1. The van der Waals surface area contributed by atoms with Crippen LogP contribution in [0.1, 0.15) is 207 Å². The summed E-state index contributed by atoms with van der Waals surface area (Å²) in [6, 6.07) is 0. The van der Waals surface area contributed by atoms with Crippen molar-refractivity contribution in [2.75, 3.05) is 76.0 Å². The Hall–Kier alpha value is -0.770. The van der Waals surface area contributed by atoms with Crippen LogP contribution in [-0.2, 0) is 23.9 Å². The molecule has 0 aromatic carbocycles. The van der Waals surface area contributed by atoms with E-state index in [1.54, 1.807) is 0 Å². The molecule has 0 unspecified atom stereocenters. The molecule has 0 bridgehead atoms. The fourth-order valence-corrected chi connectivity index (χ4v) is 10.9. The van der Waals surface area contributed by atoms with E-state index in [1.807, 2.05) is 57.0 Å². The SMILES string of the molecule is C#CCCCN(C)CCCN(CCC(=O)OCCCCCCSSCCCCCCCCC)CCC(=O)OCCCCCCSSCCCCCCCCCC.C=CC=O.CC. The van der Waals surface area contributed by atoms with Crippen molar-refractivity contribution in [3.05, 3.63) is 12.7 Å². The summed E-state index contributed by atoms with van der Waals surface area (Å²) in [7, 11) is 10.2. The van der Waals surface area contributed by atoms with Crippen molar-refractivity contribution in [3.63, 3.8) is 0 Å². The van der Waals surface area contributed by atoms with Gasteiger partial charge in [-0.05, 0) is 84.1 Å². The molecular formula is C51H98N2O5S4. The number of nitrogens with zero attached hydrogens (tertiary/aromatic N) is 2. The van der Waals surface area contributed by atoms with Gasteiger partial charge >= 0.3 is 11.9 Å². The lowest BCUT2D eigenvalue weighted by Crippen LogP contribution is -2.33. The molecule has 0 spiro atoms. The van der Waals surface area contributed by atoms with Crippen LogP contribution in [0.2, 0.25) is 0 Å². The Morgan fingerprint density at radius 3 is 1.23 bits per heavy atom. The maximum atomic E-state index is 12.6. The lowest BCUT2D eigenvalue weighted by molar-refractivity contribution is -0.144. The maximum absolute atomic E-state index is 12.6. The van der Waals surface area contributed by atoms with Gasteiger partial charge in [-0.15, -0.1) is 12.3 Å². The second-order valence-electron chi connectivity index (χ2n) is 15.8. The molecule has 366 valence electrons. The van der Waals surface area contributed by atoms with Crippen molar-refractivity contribution in [3.8, 4) is 12.3 Å². The average Bonchev–Trinajstić information content (AvgIpc) is 3.28. The number of terminal acetylenes is 1. The second-order valence-corrected chi connectivity index (χ2v) is 21.2. The second kappa shape index (κ2) is 60.2. The number of allylic oxidation sites excluding steroid dienone is 1. The molecule has 0 amide bonds. The van der Waals surface area contributed by atoms with Crippen molar-refractivity contribution >= 4 is 61.4 Å². The van der Waals surface area contributed by atoms with Gasteiger partial charge in [0.25, 0.3) is 0 Å². The van der Waals surface area contributed by atoms with Crippen LogP contribution in [0, 0.1) is 12.3 Å². The maximum Gasteiger partial charge on any atom is 0.307 e. The van der Waals surface area contributed by atoms with Gasteiger partial charge in [-0.2, -0.15) is 0 Å². The predicted octanol–water partition coefficient (Wildman–Crippen LogP) is 15.1. The molecule has 0 saturated carbocycles. The summed E-state index contributed by atoms with van der Waals surface area (Å²) in [5, 5.41) is 0. The minimum Gasteiger partial charge on any atom is -0.466 e. The molecule has 0 atom stereocenters. The Kier molecular flexibility index (Phi) is 63.6. The van der Waals surface area contributed by atoms with E-state index in [4.69, 9.17) is 20.7 Å². The zero-order chi connectivity index (χ0) is 46.3. The number of hydrogen-bond donors (Lipinski definition) is 0. The normalized spacial score (nSPS) is 10.7. The number of ether oxygens (including phenoxy) is 2. The number of esters is 2. The zero-order valence-corrected chi connectivity index (χ0v) is 44.4. The first-order chi connectivity index (χ1) is 30.4. The number of carbonyl (C=O) groups excluding carboxylic acids is 3. The minimum absolute atomic E-state index is 0.137. The topological polar surface area (TPSA) is 76.2 Å². The van der Waals surface area contributed by atoms with Crippen LogP contribution >= 0.6 is 43.2 Å². The molecule has 0 aliphatic heterocycles. The summed E-state index contributed by atoms with van der Waals surface area (Å²) in [6.07, 6.45) is 40.4. The molecule has 0 heterocycles. The van der Waals surface area contributed by atoms with Crippen LogP contribution in [-0.4, -0.2) is 104 Å². The van der Waals surface area contributed by atoms with Crippen LogP contribution in [0.15, 0.2) is 12.7 Å². The van der Waals surface area contributed by atoms with E-state index in [0.29, 0.717) is 45.4 Å². The van der Waals surface area contributed by atoms with E-state index in [9.17, 15) is 9.59 Å². The van der Waals surface area contributed by atoms with Crippen molar-refractivity contribution < 1.29 is 23.9 Å². The monoisotopic (exact) mass is 947 g/mol. The Morgan fingerprint density at radius 2 is 0.871 bits per heavy atom. The first-order valence-electron chi connectivity index (χ1n) is 25.2. The summed E-state index contributed by atoms with van der Waals surface area (Å²) in [6.45, 7) is 16.7. The molecule has 0 radical (unpaired) electrons. The standard InChI is InChI=1S/C46H88N2O4S4.C3H4O.C2H6/c1-5-8-11-13-15-17-21-28-42-54-56-44-30-23-19-26-40-52-46(50)33-38-48(36-31-35-47(4)34-24-10-7-3)37-32-45(49)51-39-25-18-22-29-43-55-53-41-27-20-16-14-12-9-6-2;1-2-3-4;1-2/h3H,5-6,8-44H2,1-2,4H3;2-3H,1H2;1-2H3. The van der Waals surface area contributed by atoms with E-state index in [-0.39, 0.29) is 11.9 Å². The van der Waals surface area contributed by atoms with E-state index < -0.39 is 0 Å². The van der Waals surface area contributed by atoms with Crippen molar-refractivity contribution in [1.82, 2.24) is 9.80 Å². The summed E-state index contributed by atoms with van der Waals surface area (Å²) < 4.78 is 11.2. The first kappa shape index (κ1) is 65.5. The van der Waals surface area contributed by atoms with Gasteiger partial charge in [-0.25, -0.2) is 0 Å². The molecule has 0 saturated heterocycles. The summed E-state index contributed by atoms with van der Waals surface area (Å²) in [5.74, 6) is 7.42. The lowest BCUT2D eigenvalue weighted by Gasteiger charge is -2.23. The van der Waals surface area contributed by atoms with E-state index in [1.165, 1.54) is 151 Å². The minimum atomic E-state index is -0.137. The number of carbonyl (C=O) groups is 3. The highest BCUT2D eigenvalue weighted by Crippen LogP contribution is 2.26. The van der Waals surface area contributed by atoms with Crippen LogP contribution in [0.5, 0.6) is 0 Å². The Balaban J connectivity index is -0.00000545. The molecule has 62 heavy (non-hydrogen) atoms. The van der Waals surface area contributed by atoms with Gasteiger partial charge in [0.05, 0.1) is 26.1 Å². The highest BCUT2D eigenvalue weighted by molar-refractivity contribution is 8.77. The van der Waals surface area contributed by atoms with E-state index in [2.05, 4.69) is 43.2 Å². The van der Waals surface area contributed by atoms with E-state index in [0.717, 1.165) is 64.6 Å². The smallest absolute Gasteiger partial charge is 0.307 e. The Labute approximate surface area is 401 Å². The summed E-state index contributed by atoms with van der Waals surface area (Å²) in [5.41, 5.74) is 0. The van der Waals surface area contributed by atoms with Gasteiger partial charge in [-0.1, -0.05) is 187 Å². The van der Waals surface area contributed by atoms with Crippen molar-refractivity contribution in [2.24, 2.45) is 0 Å². The van der Waals surface area contributed by atoms with Crippen molar-refractivity contribution in [2.45, 2.75) is 207 Å². The third-order valence-corrected chi connectivity index (χ3v) is 15.2. The van der Waals surface area contributed by atoms with Crippen molar-refractivity contribution in [1.29, 1.82) is 0 Å². The number of rotatable bonds is 47. The first-order valence-corrected chi connectivity index (χ1v) is 30.1. The molecule has 0 fully saturated rings. The molecule has 0 aromatic heterocycles. The van der Waals surface area contributed by atoms with Crippen LogP contribution in [0.25, 0.3) is 0 Å². The quantitative estimate of drug-likeness (QED) is 0.0146. The van der Waals surface area contributed by atoms with E-state index >= 15 is 0 Å². The van der Waals surface area contributed by atoms with Gasteiger partial charge < -0.3 is 19.3 Å². The fourth-order valence-electron chi connectivity index (χ4n) is 6.36. The van der Waals surface area contributed by atoms with Gasteiger partial charge in [-0.3, -0.25) is 14.4 Å². The van der Waals surface area contributed by atoms with Gasteiger partial charge in [0.15, 0.2) is 0 Å². The molecule has 0 aromatic rings. The Bertz CT molecular complexity index is 965. The number of aldehydes is 1. The molecule has 0 aliphatic rings. The molecule has 0 N–H and O–H groups in total. The van der Waals surface area contributed by atoms with Crippen LogP contribution < -0.4 is 0 Å². The fraction of sp³-hybridized carbons (Fsp3) is 0.863. The molecular weight excluding hydrogens is 849 g/mol. The van der Waals surface area contributed by atoms with Crippen LogP contribution in [0.4, 0.5) is 0 Å². The number of unbranched alkanes of at least 4 members (excludes halogenated alkanes) is 20. The third-order valence-electron chi connectivity index (χ3n) is 10.1. The zero-order valence-electron chi connectivity index (χ0n) is 41.1. The van der Waals surface area contributed by atoms with Gasteiger partial charge in [0.1, 0.15) is 6.29 Å².